The van der Waals surface area contributed by atoms with Gasteiger partial charge in [0.25, 0.3) is 11.8 Å². The van der Waals surface area contributed by atoms with Crippen molar-refractivity contribution >= 4 is 5.91 Å². The van der Waals surface area contributed by atoms with Crippen molar-refractivity contribution in [3.63, 3.8) is 0 Å². The number of rotatable bonds is 6. The van der Waals surface area contributed by atoms with Gasteiger partial charge < -0.3 is 14.4 Å². The molecule has 2 heterocycles. The molecule has 0 saturated heterocycles. The van der Waals surface area contributed by atoms with Crippen LogP contribution in [0.2, 0.25) is 0 Å². The Balaban J connectivity index is 1.47. The Bertz CT molecular complexity index is 1010. The van der Waals surface area contributed by atoms with Crippen molar-refractivity contribution in [1.29, 1.82) is 0 Å². The van der Waals surface area contributed by atoms with Crippen LogP contribution in [0.1, 0.15) is 27.2 Å². The Labute approximate surface area is 168 Å². The van der Waals surface area contributed by atoms with E-state index in [2.05, 4.69) is 4.98 Å². The molecule has 29 heavy (non-hydrogen) atoms. The van der Waals surface area contributed by atoms with Crippen molar-refractivity contribution in [2.45, 2.75) is 19.6 Å². The number of hydrogen-bond acceptors (Lipinski definition) is 4. The first kappa shape index (κ1) is 18.9. The van der Waals surface area contributed by atoms with E-state index >= 15 is 0 Å². The fourth-order valence-electron chi connectivity index (χ4n) is 3.33. The molecule has 0 atom stereocenters. The third kappa shape index (κ3) is 4.21. The minimum absolute atomic E-state index is 0.0797. The van der Waals surface area contributed by atoms with Crippen molar-refractivity contribution in [3.8, 4) is 11.6 Å². The first-order valence-corrected chi connectivity index (χ1v) is 9.42. The van der Waals surface area contributed by atoms with Crippen LogP contribution in [-0.4, -0.2) is 29.4 Å². The maximum absolute atomic E-state index is 14.5. The lowest BCUT2D eigenvalue weighted by Gasteiger charge is -2.28. The van der Waals surface area contributed by atoms with Gasteiger partial charge in [0.15, 0.2) is 5.82 Å². The number of hydrogen-bond donors (Lipinski definition) is 0. The molecule has 6 heteroatoms. The molecule has 148 valence electrons. The van der Waals surface area contributed by atoms with E-state index in [1.54, 1.807) is 12.0 Å². The summed E-state index contributed by atoms with van der Waals surface area (Å²) in [4.78, 5) is 18.8. The van der Waals surface area contributed by atoms with Gasteiger partial charge in [-0.05, 0) is 29.3 Å². The predicted octanol–water partition coefficient (Wildman–Crippen LogP) is 4.01. The number of carbonyl (C=O) groups excluding carboxylic acids is 1. The highest BCUT2D eigenvalue weighted by Gasteiger charge is 2.27. The fourth-order valence-corrected chi connectivity index (χ4v) is 3.33. The van der Waals surface area contributed by atoms with E-state index in [0.29, 0.717) is 30.8 Å². The summed E-state index contributed by atoms with van der Waals surface area (Å²) in [6.07, 6.45) is 0.563. The van der Waals surface area contributed by atoms with Gasteiger partial charge in [0.2, 0.25) is 0 Å². The Morgan fingerprint density at radius 1 is 1.07 bits per heavy atom. The van der Waals surface area contributed by atoms with Gasteiger partial charge in [-0.2, -0.15) is 0 Å². The molecule has 0 aliphatic carbocycles. The lowest BCUT2D eigenvalue weighted by Crippen LogP contribution is -2.37. The van der Waals surface area contributed by atoms with Crippen LogP contribution >= 0.6 is 0 Å². The van der Waals surface area contributed by atoms with Gasteiger partial charge in [-0.3, -0.25) is 4.79 Å². The Hall–Kier alpha value is -3.41. The van der Waals surface area contributed by atoms with E-state index in [-0.39, 0.29) is 18.4 Å². The number of aromatic nitrogens is 1. The SMILES string of the molecule is COc1ccc(COc2nc3c(cc2F)C(=O)N(Cc2ccccc2)CC3)cc1. The van der Waals surface area contributed by atoms with Gasteiger partial charge in [-0.1, -0.05) is 42.5 Å². The van der Waals surface area contributed by atoms with Crippen molar-refractivity contribution in [2.75, 3.05) is 13.7 Å². The van der Waals surface area contributed by atoms with E-state index in [1.165, 1.54) is 6.07 Å². The third-order valence-electron chi connectivity index (χ3n) is 4.91. The van der Waals surface area contributed by atoms with Gasteiger partial charge in [-0.25, -0.2) is 9.37 Å². The van der Waals surface area contributed by atoms with Crippen molar-refractivity contribution in [2.24, 2.45) is 0 Å². The number of halogens is 1. The van der Waals surface area contributed by atoms with E-state index < -0.39 is 5.82 Å². The second-order valence-corrected chi connectivity index (χ2v) is 6.87. The zero-order valence-electron chi connectivity index (χ0n) is 16.1. The predicted molar refractivity (Wildman–Crippen MR) is 106 cm³/mol. The summed E-state index contributed by atoms with van der Waals surface area (Å²) in [5, 5.41) is 0. The molecule has 1 amide bonds. The average Bonchev–Trinajstić information content (AvgIpc) is 2.76. The molecule has 4 rings (SSSR count). The molecule has 5 nitrogen and oxygen atoms in total. The van der Waals surface area contributed by atoms with Crippen LogP contribution in [0.5, 0.6) is 11.6 Å². The monoisotopic (exact) mass is 392 g/mol. The minimum atomic E-state index is -0.632. The topological polar surface area (TPSA) is 51.7 Å². The van der Waals surface area contributed by atoms with Crippen LogP contribution in [0.15, 0.2) is 60.7 Å². The van der Waals surface area contributed by atoms with Crippen LogP contribution < -0.4 is 9.47 Å². The average molecular weight is 392 g/mol. The smallest absolute Gasteiger partial charge is 0.256 e. The van der Waals surface area contributed by atoms with E-state index in [1.807, 2.05) is 54.6 Å². The van der Waals surface area contributed by atoms with Gasteiger partial charge in [0.1, 0.15) is 12.4 Å². The fraction of sp³-hybridized carbons (Fsp3) is 0.217. The quantitative estimate of drug-likeness (QED) is 0.636. The molecular weight excluding hydrogens is 371 g/mol. The van der Waals surface area contributed by atoms with E-state index in [0.717, 1.165) is 16.9 Å². The molecule has 2 aromatic carbocycles. The molecule has 0 saturated carbocycles. The molecule has 0 bridgehead atoms. The molecule has 0 spiro atoms. The lowest BCUT2D eigenvalue weighted by molar-refractivity contribution is 0.0723. The molecular formula is C23H21FN2O3. The standard InChI is InChI=1S/C23H21FN2O3/c1-28-18-9-7-17(8-10-18)15-29-22-20(24)13-19-21(25-22)11-12-26(23(19)27)14-16-5-3-2-4-6-16/h2-10,13H,11-12,14-15H2,1H3. The number of amides is 1. The maximum Gasteiger partial charge on any atom is 0.256 e. The molecule has 0 unspecified atom stereocenters. The van der Waals surface area contributed by atoms with Gasteiger partial charge in [-0.15, -0.1) is 0 Å². The minimum Gasteiger partial charge on any atom is -0.497 e. The number of fused-ring (bicyclic) bond motifs is 1. The summed E-state index contributed by atoms with van der Waals surface area (Å²) in [6.45, 7) is 1.22. The van der Waals surface area contributed by atoms with Gasteiger partial charge >= 0.3 is 0 Å². The number of methoxy groups -OCH3 is 1. The summed E-state index contributed by atoms with van der Waals surface area (Å²) < 4.78 is 25.2. The Kier molecular flexibility index (Phi) is 5.42. The first-order valence-electron chi connectivity index (χ1n) is 9.42. The number of ether oxygens (including phenoxy) is 2. The highest BCUT2D eigenvalue weighted by molar-refractivity contribution is 5.96. The molecule has 0 fully saturated rings. The highest BCUT2D eigenvalue weighted by atomic mass is 19.1. The van der Waals surface area contributed by atoms with Gasteiger partial charge in [0, 0.05) is 19.5 Å². The van der Waals surface area contributed by atoms with Crippen LogP contribution in [0.25, 0.3) is 0 Å². The normalized spacial score (nSPS) is 13.2. The Morgan fingerprint density at radius 2 is 1.83 bits per heavy atom. The maximum atomic E-state index is 14.5. The summed E-state index contributed by atoms with van der Waals surface area (Å²) in [6, 6.07) is 18.3. The zero-order chi connectivity index (χ0) is 20.2. The van der Waals surface area contributed by atoms with E-state index in [9.17, 15) is 9.18 Å². The first-order chi connectivity index (χ1) is 14.1. The molecule has 3 aromatic rings. The van der Waals surface area contributed by atoms with E-state index in [4.69, 9.17) is 9.47 Å². The number of pyridine rings is 1. The zero-order valence-corrected chi connectivity index (χ0v) is 16.1. The highest BCUT2D eigenvalue weighted by Crippen LogP contribution is 2.25. The summed E-state index contributed by atoms with van der Waals surface area (Å²) in [5.41, 5.74) is 2.79. The van der Waals surface area contributed by atoms with Crippen molar-refractivity contribution in [3.05, 3.63) is 88.9 Å². The Morgan fingerprint density at radius 3 is 2.55 bits per heavy atom. The van der Waals surface area contributed by atoms with Crippen LogP contribution in [0.4, 0.5) is 4.39 Å². The van der Waals surface area contributed by atoms with Crippen LogP contribution in [0, 0.1) is 5.82 Å². The van der Waals surface area contributed by atoms with Crippen molar-refractivity contribution < 1.29 is 18.7 Å². The molecule has 1 aliphatic rings. The summed E-state index contributed by atoms with van der Waals surface area (Å²) in [7, 11) is 1.60. The summed E-state index contributed by atoms with van der Waals surface area (Å²) in [5.74, 6) is -0.176. The van der Waals surface area contributed by atoms with Gasteiger partial charge in [0.05, 0.1) is 18.4 Å². The summed E-state index contributed by atoms with van der Waals surface area (Å²) >= 11 is 0. The van der Waals surface area contributed by atoms with Crippen LogP contribution in [-0.2, 0) is 19.6 Å². The molecule has 0 N–H and O–H groups in total. The second-order valence-electron chi connectivity index (χ2n) is 6.87. The molecule has 1 aromatic heterocycles. The van der Waals surface area contributed by atoms with Crippen LogP contribution in [0.3, 0.4) is 0 Å². The molecule has 1 aliphatic heterocycles. The van der Waals surface area contributed by atoms with Crippen molar-refractivity contribution in [1.82, 2.24) is 9.88 Å². The third-order valence-corrected chi connectivity index (χ3v) is 4.91. The number of nitrogens with zero attached hydrogens (tertiary/aromatic N) is 2. The second kappa shape index (κ2) is 8.31. The molecule has 0 radical (unpaired) electrons. The lowest BCUT2D eigenvalue weighted by atomic mass is 10.0. The number of carbonyl (C=O) groups is 1. The number of benzene rings is 2. The largest absolute Gasteiger partial charge is 0.497 e.